The lowest BCUT2D eigenvalue weighted by molar-refractivity contribution is -0.932. The van der Waals surface area contributed by atoms with Crippen LogP contribution < -0.4 is 15.3 Å². The Bertz CT molecular complexity index is 1170. The molecule has 4 rings (SSSR count). The van der Waals surface area contributed by atoms with Crippen LogP contribution in [0.15, 0.2) is 45.6 Å². The van der Waals surface area contributed by atoms with E-state index in [1.54, 1.807) is 0 Å². The summed E-state index contributed by atoms with van der Waals surface area (Å²) in [6, 6.07) is 12.6. The number of nitrogens with one attached hydrogen (secondary N) is 1. The zero-order valence-electron chi connectivity index (χ0n) is 18.2. The van der Waals surface area contributed by atoms with Crippen molar-refractivity contribution in [3.63, 3.8) is 0 Å². The summed E-state index contributed by atoms with van der Waals surface area (Å²) in [5.41, 5.74) is 4.43. The third-order valence-electron chi connectivity index (χ3n) is 6.08. The minimum Gasteiger partial charge on any atom is -0.469 e. The number of fused-ring (bicyclic) bond motifs is 2. The Morgan fingerprint density at radius 3 is 2.68 bits per heavy atom. The highest BCUT2D eigenvalue weighted by Gasteiger charge is 2.26. The lowest BCUT2D eigenvalue weighted by Crippen LogP contribution is -3.12. The second-order valence-corrected chi connectivity index (χ2v) is 8.17. The third-order valence-corrected chi connectivity index (χ3v) is 6.08. The van der Waals surface area contributed by atoms with Crippen LogP contribution in [-0.4, -0.2) is 26.4 Å². The Morgan fingerprint density at radius 1 is 1.16 bits per heavy atom. The van der Waals surface area contributed by atoms with E-state index in [0.717, 1.165) is 53.8 Å². The van der Waals surface area contributed by atoms with Crippen LogP contribution in [-0.2, 0) is 28.9 Å². The first-order chi connectivity index (χ1) is 15.0. The summed E-state index contributed by atoms with van der Waals surface area (Å²) in [6.45, 7) is 6.24. The Hall–Kier alpha value is -3.12. The van der Waals surface area contributed by atoms with E-state index in [1.165, 1.54) is 17.6 Å². The van der Waals surface area contributed by atoms with Gasteiger partial charge in [-0.05, 0) is 37.5 Å². The van der Waals surface area contributed by atoms with Gasteiger partial charge in [-0.1, -0.05) is 30.3 Å². The highest BCUT2D eigenvalue weighted by Crippen LogP contribution is 2.34. The number of ether oxygens (including phenoxy) is 2. The van der Waals surface area contributed by atoms with Crippen molar-refractivity contribution in [2.45, 2.75) is 39.7 Å². The molecule has 2 aromatic carbocycles. The van der Waals surface area contributed by atoms with E-state index in [9.17, 15) is 9.59 Å². The van der Waals surface area contributed by atoms with E-state index < -0.39 is 11.6 Å². The zero-order valence-corrected chi connectivity index (χ0v) is 18.2. The molecule has 1 aliphatic rings. The summed E-state index contributed by atoms with van der Waals surface area (Å²) < 4.78 is 16.4. The Labute approximate surface area is 181 Å². The summed E-state index contributed by atoms with van der Waals surface area (Å²) in [5.74, 6) is 0.351. The van der Waals surface area contributed by atoms with E-state index in [1.807, 2.05) is 26.0 Å². The van der Waals surface area contributed by atoms with Gasteiger partial charge in [0.25, 0.3) is 0 Å². The van der Waals surface area contributed by atoms with Crippen LogP contribution in [0.2, 0.25) is 0 Å². The van der Waals surface area contributed by atoms with Gasteiger partial charge in [-0.2, -0.15) is 0 Å². The second kappa shape index (κ2) is 8.94. The lowest BCUT2D eigenvalue weighted by atomic mass is 9.97. The van der Waals surface area contributed by atoms with E-state index in [-0.39, 0.29) is 6.42 Å². The van der Waals surface area contributed by atoms with E-state index >= 15 is 0 Å². The Balaban J connectivity index is 1.58. The summed E-state index contributed by atoms with van der Waals surface area (Å²) in [7, 11) is 1.31. The van der Waals surface area contributed by atoms with Gasteiger partial charge in [0.2, 0.25) is 6.73 Å². The van der Waals surface area contributed by atoms with Crippen LogP contribution >= 0.6 is 0 Å². The SMILES string of the molecule is COC(=O)Cc1c(C)c2cc3c(c(C)c2oc1=O)OC[NH+](CCCc1ccccc1)C3. The number of esters is 1. The maximum atomic E-state index is 12.5. The summed E-state index contributed by atoms with van der Waals surface area (Å²) in [5, 5.41) is 0.851. The molecule has 0 bridgehead atoms. The van der Waals surface area contributed by atoms with Crippen molar-refractivity contribution in [3.8, 4) is 5.75 Å². The minimum atomic E-state index is -0.498. The van der Waals surface area contributed by atoms with Crippen LogP contribution in [0.5, 0.6) is 5.75 Å². The molecular formula is C25H28NO5+. The molecule has 1 unspecified atom stereocenters. The monoisotopic (exact) mass is 422 g/mol. The number of hydrogen-bond acceptors (Lipinski definition) is 5. The first-order valence-electron chi connectivity index (χ1n) is 10.6. The molecule has 1 aromatic heterocycles. The minimum absolute atomic E-state index is 0.0932. The number of quaternary nitrogens is 1. The molecule has 0 saturated carbocycles. The van der Waals surface area contributed by atoms with Crippen molar-refractivity contribution in [2.24, 2.45) is 0 Å². The van der Waals surface area contributed by atoms with Gasteiger partial charge >= 0.3 is 11.6 Å². The summed E-state index contributed by atoms with van der Waals surface area (Å²) >= 11 is 0. The normalized spacial score (nSPS) is 15.4. The van der Waals surface area contributed by atoms with Crippen molar-refractivity contribution in [1.29, 1.82) is 0 Å². The van der Waals surface area contributed by atoms with Crippen LogP contribution in [0.4, 0.5) is 0 Å². The standard InChI is InChI=1S/C25H27NO5/c1-16-20-12-19-14-26(11-7-10-18-8-5-4-6-9-18)15-30-23(19)17(2)24(20)31-25(28)21(16)13-22(27)29-3/h4-6,8-9,12H,7,10-11,13-15H2,1-3H3/p+1. The first-order valence-corrected chi connectivity index (χ1v) is 10.6. The molecule has 6 nitrogen and oxygen atoms in total. The molecule has 1 N–H and O–H groups in total. The second-order valence-electron chi connectivity index (χ2n) is 8.17. The van der Waals surface area contributed by atoms with Crippen molar-refractivity contribution < 1.29 is 23.6 Å². The van der Waals surface area contributed by atoms with Gasteiger partial charge in [0.05, 0.1) is 25.6 Å². The van der Waals surface area contributed by atoms with Crippen molar-refractivity contribution in [3.05, 3.63) is 74.6 Å². The molecule has 0 aliphatic carbocycles. The van der Waals surface area contributed by atoms with Gasteiger partial charge in [-0.25, -0.2) is 4.79 Å². The average molecular weight is 423 g/mol. The fourth-order valence-electron chi connectivity index (χ4n) is 4.33. The van der Waals surface area contributed by atoms with E-state index in [2.05, 4.69) is 24.3 Å². The van der Waals surface area contributed by atoms with E-state index in [4.69, 9.17) is 13.9 Å². The predicted octanol–water partition coefficient (Wildman–Crippen LogP) is 2.49. The topological polar surface area (TPSA) is 70.2 Å². The molecule has 2 heterocycles. The number of hydrogen-bond donors (Lipinski definition) is 1. The number of benzene rings is 2. The number of methoxy groups -OCH3 is 1. The quantitative estimate of drug-likeness (QED) is 0.488. The molecule has 0 fully saturated rings. The smallest absolute Gasteiger partial charge is 0.340 e. The molecule has 0 spiro atoms. The maximum Gasteiger partial charge on any atom is 0.340 e. The number of rotatable bonds is 6. The fraction of sp³-hybridized carbons (Fsp3) is 0.360. The van der Waals surface area contributed by atoms with Crippen LogP contribution in [0, 0.1) is 13.8 Å². The Kier molecular flexibility index (Phi) is 6.09. The highest BCUT2D eigenvalue weighted by atomic mass is 16.5. The van der Waals surface area contributed by atoms with Crippen molar-refractivity contribution >= 4 is 16.9 Å². The maximum absolute atomic E-state index is 12.5. The molecule has 1 aliphatic heterocycles. The fourth-order valence-corrected chi connectivity index (χ4v) is 4.33. The molecule has 0 saturated heterocycles. The Morgan fingerprint density at radius 2 is 1.94 bits per heavy atom. The summed E-state index contributed by atoms with van der Waals surface area (Å²) in [4.78, 5) is 25.6. The van der Waals surface area contributed by atoms with Gasteiger partial charge in [0, 0.05) is 22.9 Å². The van der Waals surface area contributed by atoms with Crippen LogP contribution in [0.3, 0.4) is 0 Å². The molecule has 6 heteroatoms. The number of carbonyl (C=O) groups is 1. The van der Waals surface area contributed by atoms with Crippen LogP contribution in [0.1, 0.15) is 34.2 Å². The third kappa shape index (κ3) is 4.35. The molecule has 31 heavy (non-hydrogen) atoms. The number of carbonyl (C=O) groups excluding carboxylic acids is 1. The summed E-state index contributed by atoms with van der Waals surface area (Å²) in [6.07, 6.45) is 2.04. The molecule has 162 valence electrons. The van der Waals surface area contributed by atoms with Gasteiger partial charge in [-0.15, -0.1) is 0 Å². The lowest BCUT2D eigenvalue weighted by Gasteiger charge is -2.28. The number of aryl methyl sites for hydroxylation is 3. The predicted molar refractivity (Wildman–Crippen MR) is 117 cm³/mol. The highest BCUT2D eigenvalue weighted by molar-refractivity contribution is 5.88. The molecular weight excluding hydrogens is 394 g/mol. The molecule has 1 atom stereocenters. The molecule has 0 amide bonds. The molecule has 0 radical (unpaired) electrons. The zero-order chi connectivity index (χ0) is 22.0. The van der Waals surface area contributed by atoms with Gasteiger partial charge < -0.3 is 13.9 Å². The van der Waals surface area contributed by atoms with Gasteiger partial charge in [0.1, 0.15) is 17.9 Å². The van der Waals surface area contributed by atoms with Gasteiger partial charge in [-0.3, -0.25) is 9.69 Å². The van der Waals surface area contributed by atoms with Gasteiger partial charge in [0.15, 0.2) is 0 Å². The molecule has 3 aromatic rings. The first kappa shape index (κ1) is 21.1. The van der Waals surface area contributed by atoms with E-state index in [0.29, 0.717) is 17.9 Å². The van der Waals surface area contributed by atoms with Crippen LogP contribution in [0.25, 0.3) is 11.0 Å². The van der Waals surface area contributed by atoms with Crippen molar-refractivity contribution in [1.82, 2.24) is 0 Å². The average Bonchev–Trinajstić information content (AvgIpc) is 2.78. The largest absolute Gasteiger partial charge is 0.469 e. The van der Waals surface area contributed by atoms with Crippen molar-refractivity contribution in [2.75, 3.05) is 20.4 Å².